The molecule has 1 nitrogen and oxygen atoms in total. The third-order valence-corrected chi connectivity index (χ3v) is 4.19. The largest absolute Gasteiger partial charge is 0.265 e. The van der Waals surface area contributed by atoms with Crippen molar-refractivity contribution in [2.24, 2.45) is 10.8 Å². The topological polar surface area (TPSA) is 12.9 Å². The highest BCUT2D eigenvalue weighted by atomic mass is 14.7. The molecule has 0 saturated heterocycles. The lowest BCUT2D eigenvalue weighted by Crippen LogP contribution is -2.30. The molecular formula is C14H21N. The van der Waals surface area contributed by atoms with Gasteiger partial charge >= 0.3 is 0 Å². The number of rotatable bonds is 1. The molecule has 1 aromatic heterocycles. The predicted octanol–water partition coefficient (Wildman–Crippen LogP) is 3.80. The van der Waals surface area contributed by atoms with Crippen LogP contribution in [0.2, 0.25) is 0 Å². The third-order valence-electron chi connectivity index (χ3n) is 4.19. The molecule has 2 rings (SSSR count). The van der Waals surface area contributed by atoms with E-state index in [4.69, 9.17) is 0 Å². The Hall–Kier alpha value is -0.850. The molecule has 1 aliphatic carbocycles. The summed E-state index contributed by atoms with van der Waals surface area (Å²) in [4.78, 5) is 4.12. The summed E-state index contributed by atoms with van der Waals surface area (Å²) < 4.78 is 0. The Morgan fingerprint density at radius 3 is 1.93 bits per heavy atom. The van der Waals surface area contributed by atoms with Crippen LogP contribution in [0.25, 0.3) is 0 Å². The van der Waals surface area contributed by atoms with E-state index in [2.05, 4.69) is 51.7 Å². The van der Waals surface area contributed by atoms with Crippen LogP contribution in [0.15, 0.2) is 24.5 Å². The predicted molar refractivity (Wildman–Crippen MR) is 63.8 cm³/mol. The van der Waals surface area contributed by atoms with Gasteiger partial charge < -0.3 is 0 Å². The number of hydrogen-bond acceptors (Lipinski definition) is 1. The lowest BCUT2D eigenvalue weighted by molar-refractivity contribution is 0.248. The fraction of sp³-hybridized carbons (Fsp3) is 0.643. The molecule has 15 heavy (non-hydrogen) atoms. The first-order valence-electron chi connectivity index (χ1n) is 5.72. The molecule has 0 aromatic carbocycles. The van der Waals surface area contributed by atoms with E-state index >= 15 is 0 Å². The van der Waals surface area contributed by atoms with Crippen molar-refractivity contribution >= 4 is 0 Å². The Labute approximate surface area is 92.9 Å². The minimum Gasteiger partial charge on any atom is -0.265 e. The van der Waals surface area contributed by atoms with Crippen molar-refractivity contribution in [1.82, 2.24) is 4.98 Å². The molecule has 1 unspecified atom stereocenters. The summed E-state index contributed by atoms with van der Waals surface area (Å²) in [6.45, 7) is 11.8. The highest BCUT2D eigenvalue weighted by Crippen LogP contribution is 2.71. The zero-order valence-corrected chi connectivity index (χ0v) is 10.5. The monoisotopic (exact) mass is 203 g/mol. The normalized spacial score (nSPS) is 28.9. The van der Waals surface area contributed by atoms with Crippen molar-refractivity contribution in [2.45, 2.75) is 46.5 Å². The van der Waals surface area contributed by atoms with Crippen LogP contribution in [0, 0.1) is 10.8 Å². The smallest absolute Gasteiger partial charge is 0.0270 e. The second-order valence-corrected chi connectivity index (χ2v) is 6.45. The van der Waals surface area contributed by atoms with Gasteiger partial charge in [-0.3, -0.25) is 4.98 Å². The maximum Gasteiger partial charge on any atom is 0.0270 e. The van der Waals surface area contributed by atoms with Crippen molar-refractivity contribution in [2.75, 3.05) is 0 Å². The molecule has 0 aliphatic heterocycles. The van der Waals surface area contributed by atoms with Crippen LogP contribution >= 0.6 is 0 Å². The van der Waals surface area contributed by atoms with Crippen LogP contribution in [0.4, 0.5) is 0 Å². The van der Waals surface area contributed by atoms with E-state index in [9.17, 15) is 0 Å². The van der Waals surface area contributed by atoms with Gasteiger partial charge in [0, 0.05) is 17.8 Å². The summed E-state index contributed by atoms with van der Waals surface area (Å²) in [5.41, 5.74) is 2.53. The molecule has 0 bridgehead atoms. The van der Waals surface area contributed by atoms with E-state index in [0.717, 1.165) is 0 Å². The Morgan fingerprint density at radius 2 is 1.60 bits per heavy atom. The molecule has 1 heterocycles. The van der Waals surface area contributed by atoms with Gasteiger partial charge in [0.05, 0.1) is 0 Å². The van der Waals surface area contributed by atoms with Crippen molar-refractivity contribution in [3.05, 3.63) is 30.1 Å². The summed E-state index contributed by atoms with van der Waals surface area (Å²) in [6.07, 6.45) is 5.11. The third kappa shape index (κ3) is 1.32. The molecule has 1 fully saturated rings. The van der Waals surface area contributed by atoms with Crippen LogP contribution in [-0.2, 0) is 5.41 Å². The number of aromatic nitrogens is 1. The average Bonchev–Trinajstić information content (AvgIpc) is 2.72. The van der Waals surface area contributed by atoms with Crippen LogP contribution in [0.3, 0.4) is 0 Å². The van der Waals surface area contributed by atoms with Crippen molar-refractivity contribution in [1.29, 1.82) is 0 Å². The fourth-order valence-corrected chi connectivity index (χ4v) is 3.46. The minimum atomic E-state index is 0.317. The molecule has 1 aromatic rings. The average molecular weight is 203 g/mol. The van der Waals surface area contributed by atoms with E-state index in [1.54, 1.807) is 0 Å². The molecule has 82 valence electrons. The van der Waals surface area contributed by atoms with E-state index in [0.29, 0.717) is 16.2 Å². The van der Waals surface area contributed by atoms with Crippen LogP contribution < -0.4 is 0 Å². The number of hydrogen-bond donors (Lipinski definition) is 0. The van der Waals surface area contributed by atoms with E-state index in [-0.39, 0.29) is 0 Å². The molecule has 1 atom stereocenters. The van der Waals surface area contributed by atoms with Gasteiger partial charge in [0.25, 0.3) is 0 Å². The highest BCUT2D eigenvalue weighted by Gasteiger charge is 2.67. The van der Waals surface area contributed by atoms with Crippen LogP contribution in [0.5, 0.6) is 0 Å². The zero-order chi connectivity index (χ0) is 11.3. The van der Waals surface area contributed by atoms with Crippen molar-refractivity contribution in [3.8, 4) is 0 Å². The summed E-state index contributed by atoms with van der Waals surface area (Å²) in [5, 5.41) is 0. The molecule has 1 heteroatoms. The standard InChI is InChI=1S/C14H21N/c1-12(2,3)14(10-13(14,4)5)11-6-8-15-9-7-11/h6-9H,10H2,1-5H3. The molecule has 0 spiro atoms. The quantitative estimate of drug-likeness (QED) is 0.676. The highest BCUT2D eigenvalue weighted by molar-refractivity contribution is 5.38. The first kappa shape index (κ1) is 10.7. The number of pyridine rings is 1. The first-order chi connectivity index (χ1) is 6.81. The van der Waals surface area contributed by atoms with Gasteiger partial charge in [0.2, 0.25) is 0 Å². The SMILES string of the molecule is CC(C)(C)C1(c2ccncc2)CC1(C)C. The van der Waals surface area contributed by atoms with Gasteiger partial charge in [-0.1, -0.05) is 34.6 Å². The van der Waals surface area contributed by atoms with Gasteiger partial charge in [-0.2, -0.15) is 0 Å². The summed E-state index contributed by atoms with van der Waals surface area (Å²) in [5.74, 6) is 0. The van der Waals surface area contributed by atoms with Crippen LogP contribution in [0.1, 0.15) is 46.6 Å². The van der Waals surface area contributed by atoms with Gasteiger partial charge in [0.15, 0.2) is 0 Å². The Kier molecular flexibility index (Phi) is 2.02. The maximum atomic E-state index is 4.12. The summed E-state index contributed by atoms with van der Waals surface area (Å²) >= 11 is 0. The van der Waals surface area contributed by atoms with Crippen LogP contribution in [-0.4, -0.2) is 4.98 Å². The summed E-state index contributed by atoms with van der Waals surface area (Å²) in [6, 6.07) is 4.36. The van der Waals surface area contributed by atoms with Crippen molar-refractivity contribution in [3.63, 3.8) is 0 Å². The molecule has 0 N–H and O–H groups in total. The lowest BCUT2D eigenvalue weighted by atomic mass is 9.69. The molecule has 0 radical (unpaired) electrons. The second kappa shape index (κ2) is 2.84. The number of nitrogens with zero attached hydrogens (tertiary/aromatic N) is 1. The zero-order valence-electron chi connectivity index (χ0n) is 10.5. The lowest BCUT2D eigenvalue weighted by Gasteiger charge is -2.35. The van der Waals surface area contributed by atoms with Crippen molar-refractivity contribution < 1.29 is 0 Å². The maximum absolute atomic E-state index is 4.12. The van der Waals surface area contributed by atoms with E-state index < -0.39 is 0 Å². The Bertz CT molecular complexity index is 359. The molecule has 0 amide bonds. The first-order valence-corrected chi connectivity index (χ1v) is 5.72. The fourth-order valence-electron chi connectivity index (χ4n) is 3.46. The van der Waals surface area contributed by atoms with Gasteiger partial charge in [-0.25, -0.2) is 0 Å². The Morgan fingerprint density at radius 1 is 1.13 bits per heavy atom. The van der Waals surface area contributed by atoms with Gasteiger partial charge in [-0.05, 0) is 34.9 Å². The Balaban J connectivity index is 2.49. The van der Waals surface area contributed by atoms with Gasteiger partial charge in [-0.15, -0.1) is 0 Å². The minimum absolute atomic E-state index is 0.317. The summed E-state index contributed by atoms with van der Waals surface area (Å²) in [7, 11) is 0. The second-order valence-electron chi connectivity index (χ2n) is 6.45. The van der Waals surface area contributed by atoms with Gasteiger partial charge in [0.1, 0.15) is 0 Å². The molecular weight excluding hydrogens is 182 g/mol. The van der Waals surface area contributed by atoms with E-state index in [1.807, 2.05) is 12.4 Å². The molecule has 1 aliphatic rings. The molecule has 1 saturated carbocycles. The van der Waals surface area contributed by atoms with E-state index in [1.165, 1.54) is 12.0 Å².